The molecule has 2 amide bonds. The first-order valence-electron chi connectivity index (χ1n) is 9.92. The first-order valence-corrected chi connectivity index (χ1v) is 9.92. The summed E-state index contributed by atoms with van der Waals surface area (Å²) >= 11 is 0. The molecule has 5 rings (SSSR count). The van der Waals surface area contributed by atoms with E-state index < -0.39 is 17.6 Å². The van der Waals surface area contributed by atoms with Crippen LogP contribution in [0, 0.1) is 11.7 Å². The number of ether oxygens (including phenoxy) is 1. The second kappa shape index (κ2) is 7.43. The summed E-state index contributed by atoms with van der Waals surface area (Å²) in [5, 5.41) is 4.55. The lowest BCUT2D eigenvalue weighted by atomic mass is 10.1. The van der Waals surface area contributed by atoms with Crippen molar-refractivity contribution >= 4 is 45.1 Å². The van der Waals surface area contributed by atoms with Crippen molar-refractivity contribution in [3.05, 3.63) is 66.5 Å². The van der Waals surface area contributed by atoms with Crippen molar-refractivity contribution in [2.45, 2.75) is 6.42 Å². The van der Waals surface area contributed by atoms with Crippen LogP contribution in [-0.4, -0.2) is 25.5 Å². The van der Waals surface area contributed by atoms with Gasteiger partial charge in [0.2, 0.25) is 11.8 Å². The molecule has 0 spiro atoms. The molecule has 1 saturated heterocycles. The van der Waals surface area contributed by atoms with Gasteiger partial charge in [0.15, 0.2) is 0 Å². The van der Waals surface area contributed by atoms with Crippen LogP contribution in [0.3, 0.4) is 0 Å². The molecule has 2 heterocycles. The molecule has 0 aliphatic carbocycles. The molecule has 1 fully saturated rings. The average Bonchev–Trinajstić information content (AvgIpc) is 3.34. The molecule has 31 heavy (non-hydrogen) atoms. The molecule has 4 aromatic rings. The molecule has 0 radical (unpaired) electrons. The third-order valence-corrected chi connectivity index (χ3v) is 5.60. The number of rotatable bonds is 4. The molecule has 1 atom stereocenters. The normalized spacial score (nSPS) is 16.3. The van der Waals surface area contributed by atoms with Crippen molar-refractivity contribution in [3.63, 3.8) is 0 Å². The van der Waals surface area contributed by atoms with Crippen molar-refractivity contribution in [1.29, 1.82) is 0 Å². The summed E-state index contributed by atoms with van der Waals surface area (Å²) in [5.74, 6) is -1.42. The summed E-state index contributed by atoms with van der Waals surface area (Å²) in [6, 6.07) is 16.8. The highest BCUT2D eigenvalue weighted by molar-refractivity contribution is 6.15. The van der Waals surface area contributed by atoms with Crippen molar-refractivity contribution in [3.8, 4) is 5.75 Å². The molecule has 0 unspecified atom stereocenters. The van der Waals surface area contributed by atoms with E-state index in [-0.39, 0.29) is 5.91 Å². The summed E-state index contributed by atoms with van der Waals surface area (Å²) in [6.07, 6.45) is 0.368. The Morgan fingerprint density at radius 2 is 1.87 bits per heavy atom. The fourth-order valence-corrected chi connectivity index (χ4v) is 4.04. The second-order valence-corrected chi connectivity index (χ2v) is 7.45. The Morgan fingerprint density at radius 1 is 1.10 bits per heavy atom. The van der Waals surface area contributed by atoms with Crippen LogP contribution in [0.25, 0.3) is 21.9 Å². The molecule has 0 saturated carbocycles. The highest BCUT2D eigenvalue weighted by atomic mass is 19.1. The van der Waals surface area contributed by atoms with E-state index in [9.17, 15) is 14.0 Å². The number of nitrogens with one attached hydrogen (secondary N) is 1. The highest BCUT2D eigenvalue weighted by Gasteiger charge is 2.39. The number of fused-ring (bicyclic) bond motifs is 3. The number of halogens is 1. The first-order chi connectivity index (χ1) is 15.0. The van der Waals surface area contributed by atoms with Crippen LogP contribution in [0.2, 0.25) is 0 Å². The highest BCUT2D eigenvalue weighted by Crippen LogP contribution is 2.40. The number of furan rings is 1. The fourth-order valence-electron chi connectivity index (χ4n) is 4.04. The molecule has 1 aromatic heterocycles. The predicted molar refractivity (Wildman–Crippen MR) is 116 cm³/mol. The number of hydrogen-bond acceptors (Lipinski definition) is 4. The number of amides is 2. The van der Waals surface area contributed by atoms with Gasteiger partial charge in [-0.25, -0.2) is 4.39 Å². The zero-order chi connectivity index (χ0) is 21.5. The van der Waals surface area contributed by atoms with Crippen molar-refractivity contribution in [2.75, 3.05) is 23.9 Å². The number of anilines is 2. The zero-order valence-electron chi connectivity index (χ0n) is 16.7. The molecule has 1 N–H and O–H groups in total. The van der Waals surface area contributed by atoms with Crippen molar-refractivity contribution in [2.24, 2.45) is 5.92 Å². The van der Waals surface area contributed by atoms with Gasteiger partial charge in [0.1, 0.15) is 28.7 Å². The monoisotopic (exact) mass is 418 g/mol. The summed E-state index contributed by atoms with van der Waals surface area (Å²) < 4.78 is 24.6. The van der Waals surface area contributed by atoms with Crippen LogP contribution in [-0.2, 0) is 9.59 Å². The van der Waals surface area contributed by atoms with Crippen LogP contribution >= 0.6 is 0 Å². The van der Waals surface area contributed by atoms with Crippen LogP contribution in [0.1, 0.15) is 6.42 Å². The van der Waals surface area contributed by atoms with Gasteiger partial charge in [0, 0.05) is 29.1 Å². The van der Waals surface area contributed by atoms with Gasteiger partial charge >= 0.3 is 0 Å². The Hall–Kier alpha value is -3.87. The molecular formula is C24H19FN2O4. The van der Waals surface area contributed by atoms with Gasteiger partial charge in [-0.15, -0.1) is 0 Å². The van der Waals surface area contributed by atoms with E-state index in [1.807, 2.05) is 30.3 Å². The lowest BCUT2D eigenvalue weighted by molar-refractivity contribution is -0.129. The number of benzene rings is 3. The summed E-state index contributed by atoms with van der Waals surface area (Å²) in [4.78, 5) is 27.3. The molecule has 7 heteroatoms. The Kier molecular flexibility index (Phi) is 4.58. The number of carbonyl (C=O) groups is 2. The topological polar surface area (TPSA) is 71.8 Å². The Bertz CT molecular complexity index is 1310. The third kappa shape index (κ3) is 3.28. The lowest BCUT2D eigenvalue weighted by Crippen LogP contribution is -2.33. The van der Waals surface area contributed by atoms with Crippen LogP contribution < -0.4 is 15.0 Å². The molecule has 3 aromatic carbocycles. The fraction of sp³-hybridized carbons (Fsp3) is 0.167. The van der Waals surface area contributed by atoms with E-state index in [4.69, 9.17) is 9.15 Å². The summed E-state index contributed by atoms with van der Waals surface area (Å²) in [6.45, 7) is 0.377. The van der Waals surface area contributed by atoms with E-state index in [0.717, 1.165) is 16.4 Å². The van der Waals surface area contributed by atoms with Crippen molar-refractivity contribution < 1.29 is 23.1 Å². The molecule has 6 nitrogen and oxygen atoms in total. The minimum atomic E-state index is -0.832. The van der Waals surface area contributed by atoms with E-state index in [2.05, 4.69) is 5.32 Å². The average molecular weight is 418 g/mol. The lowest BCUT2D eigenvalue weighted by Gasteiger charge is -2.19. The van der Waals surface area contributed by atoms with Gasteiger partial charge in [-0.3, -0.25) is 9.59 Å². The number of hydrogen-bond donors (Lipinski definition) is 1. The van der Waals surface area contributed by atoms with Crippen LogP contribution in [0.15, 0.2) is 65.1 Å². The molecule has 1 aliphatic heterocycles. The van der Waals surface area contributed by atoms with Gasteiger partial charge < -0.3 is 19.4 Å². The predicted octanol–water partition coefficient (Wildman–Crippen LogP) is 4.73. The van der Waals surface area contributed by atoms with Crippen molar-refractivity contribution in [1.82, 2.24) is 0 Å². The van der Waals surface area contributed by atoms with Crippen LogP contribution in [0.5, 0.6) is 5.75 Å². The van der Waals surface area contributed by atoms with E-state index >= 15 is 0 Å². The maximum Gasteiger partial charge on any atom is 0.239 e. The van der Waals surface area contributed by atoms with Gasteiger partial charge in [-0.1, -0.05) is 18.2 Å². The molecule has 1 aliphatic rings. The number of methoxy groups -OCH3 is 1. The van der Waals surface area contributed by atoms with Gasteiger partial charge in [-0.2, -0.15) is 0 Å². The Balaban J connectivity index is 1.45. The minimum absolute atomic E-state index is 0.312. The molecule has 156 valence electrons. The number of carbonyl (C=O) groups excluding carboxylic acids is 2. The van der Waals surface area contributed by atoms with Gasteiger partial charge in [-0.05, 0) is 42.8 Å². The summed E-state index contributed by atoms with van der Waals surface area (Å²) in [5.41, 5.74) is 2.40. The SMILES string of the molecule is COc1cc2c(cc1N1CC[C@H](C(=O)Nc3ccc(F)cc3)C1=O)oc1ccccc12. The zero-order valence-corrected chi connectivity index (χ0v) is 16.7. The maximum absolute atomic E-state index is 13.1. The van der Waals surface area contributed by atoms with Gasteiger partial charge in [0.05, 0.1) is 12.8 Å². The van der Waals surface area contributed by atoms with E-state index in [0.29, 0.717) is 35.7 Å². The largest absolute Gasteiger partial charge is 0.495 e. The number of para-hydroxylation sites is 1. The van der Waals surface area contributed by atoms with Crippen LogP contribution in [0.4, 0.5) is 15.8 Å². The third-order valence-electron chi connectivity index (χ3n) is 5.60. The van der Waals surface area contributed by atoms with E-state index in [1.165, 1.54) is 24.3 Å². The Labute approximate surface area is 177 Å². The quantitative estimate of drug-likeness (QED) is 0.487. The van der Waals surface area contributed by atoms with Gasteiger partial charge in [0.25, 0.3) is 0 Å². The van der Waals surface area contributed by atoms with E-state index in [1.54, 1.807) is 18.1 Å². The first kappa shape index (κ1) is 19.1. The standard InChI is InChI=1S/C24H19FN2O4/c1-30-22-12-18-16-4-2-3-5-20(16)31-21(18)13-19(22)27-11-10-17(24(27)29)23(28)26-15-8-6-14(25)7-9-15/h2-9,12-13,17H,10-11H2,1H3,(H,26,28)/t17-/m1/s1. The molecular weight excluding hydrogens is 399 g/mol. The second-order valence-electron chi connectivity index (χ2n) is 7.45. The maximum atomic E-state index is 13.1. The number of nitrogens with zero attached hydrogens (tertiary/aromatic N) is 1. The smallest absolute Gasteiger partial charge is 0.239 e. The summed E-state index contributed by atoms with van der Waals surface area (Å²) in [7, 11) is 1.55. The Morgan fingerprint density at radius 3 is 2.65 bits per heavy atom. The minimum Gasteiger partial charge on any atom is -0.495 e. The molecule has 0 bridgehead atoms.